The molecule has 0 radical (unpaired) electrons. The quantitative estimate of drug-likeness (QED) is 0.472. The molecule has 1 N–H and O–H groups in total. The second-order valence-corrected chi connectivity index (χ2v) is 3.84. The topological polar surface area (TPSA) is 64.6 Å². The Balaban J connectivity index is 2.68. The van der Waals surface area contributed by atoms with Crippen LogP contribution in [-0.4, -0.2) is 32.1 Å². The lowest BCUT2D eigenvalue weighted by Crippen LogP contribution is -2.36. The van der Waals surface area contributed by atoms with Gasteiger partial charge < -0.3 is 14.8 Å². The van der Waals surface area contributed by atoms with Crippen LogP contribution in [0.2, 0.25) is 0 Å². The molecule has 102 valence electrons. The van der Waals surface area contributed by atoms with Crippen molar-refractivity contribution in [2.75, 3.05) is 14.2 Å². The van der Waals surface area contributed by atoms with Crippen LogP contribution in [0.5, 0.6) is 5.75 Å². The van der Waals surface area contributed by atoms with Gasteiger partial charge in [-0.25, -0.2) is 4.79 Å². The Morgan fingerprint density at radius 1 is 1.37 bits per heavy atom. The number of esters is 2. The molecule has 0 spiro atoms. The Morgan fingerprint density at radius 3 is 2.47 bits per heavy atom. The molecule has 1 aromatic carbocycles. The fraction of sp³-hybridized carbons (Fsp3) is 0.286. The molecule has 1 rings (SSSR count). The first kappa shape index (κ1) is 14.9. The summed E-state index contributed by atoms with van der Waals surface area (Å²) in [6, 6.07) is 6.52. The van der Waals surface area contributed by atoms with Crippen molar-refractivity contribution in [3.8, 4) is 5.75 Å². The van der Waals surface area contributed by atoms with Crippen molar-refractivity contribution in [1.29, 1.82) is 0 Å². The summed E-state index contributed by atoms with van der Waals surface area (Å²) in [5.74, 6) is -0.382. The smallest absolute Gasteiger partial charge is 0.335 e. The SMILES string of the molecule is C=CC(=O)Oc1ccc(C[C@@H](NC)C(=O)OC)cc1. The van der Waals surface area contributed by atoms with E-state index in [2.05, 4.69) is 16.6 Å². The van der Waals surface area contributed by atoms with Crippen LogP contribution in [0.15, 0.2) is 36.9 Å². The Bertz CT molecular complexity index is 453. The maximum absolute atomic E-state index is 11.4. The van der Waals surface area contributed by atoms with Crippen LogP contribution >= 0.6 is 0 Å². The molecule has 0 bridgehead atoms. The zero-order chi connectivity index (χ0) is 14.3. The second kappa shape index (κ2) is 7.33. The van der Waals surface area contributed by atoms with Gasteiger partial charge in [0, 0.05) is 6.08 Å². The molecule has 0 saturated heterocycles. The Hall–Kier alpha value is -2.14. The number of likely N-dealkylation sites (N-methyl/N-ethyl adjacent to an activating group) is 1. The molecule has 0 aliphatic carbocycles. The van der Waals surface area contributed by atoms with Gasteiger partial charge in [0.1, 0.15) is 11.8 Å². The van der Waals surface area contributed by atoms with Crippen LogP contribution in [0.25, 0.3) is 0 Å². The van der Waals surface area contributed by atoms with E-state index in [1.807, 2.05) is 0 Å². The van der Waals surface area contributed by atoms with Gasteiger partial charge in [0.15, 0.2) is 0 Å². The number of ether oxygens (including phenoxy) is 2. The fourth-order valence-electron chi connectivity index (χ4n) is 1.53. The monoisotopic (exact) mass is 263 g/mol. The minimum absolute atomic E-state index is 0.315. The summed E-state index contributed by atoms with van der Waals surface area (Å²) < 4.78 is 9.64. The summed E-state index contributed by atoms with van der Waals surface area (Å²) in [6.07, 6.45) is 1.60. The fourth-order valence-corrected chi connectivity index (χ4v) is 1.53. The summed E-state index contributed by atoms with van der Waals surface area (Å²) in [4.78, 5) is 22.4. The van der Waals surface area contributed by atoms with E-state index < -0.39 is 12.0 Å². The van der Waals surface area contributed by atoms with Crippen molar-refractivity contribution < 1.29 is 19.1 Å². The highest BCUT2D eigenvalue weighted by Gasteiger charge is 2.17. The minimum atomic E-state index is -0.504. The number of rotatable bonds is 6. The first-order valence-corrected chi connectivity index (χ1v) is 5.79. The number of carbonyl (C=O) groups is 2. The summed E-state index contributed by atoms with van der Waals surface area (Å²) >= 11 is 0. The molecular formula is C14H17NO4. The maximum atomic E-state index is 11.4. The average molecular weight is 263 g/mol. The first-order chi connectivity index (χ1) is 9.10. The highest BCUT2D eigenvalue weighted by atomic mass is 16.5. The molecule has 0 aromatic heterocycles. The highest BCUT2D eigenvalue weighted by molar-refractivity contribution is 5.83. The number of hydrogen-bond donors (Lipinski definition) is 1. The molecule has 1 atom stereocenters. The summed E-state index contributed by atoms with van der Waals surface area (Å²) in [5, 5.41) is 2.88. The predicted octanol–water partition coefficient (Wildman–Crippen LogP) is 1.08. The van der Waals surface area contributed by atoms with Gasteiger partial charge in [-0.3, -0.25) is 4.79 Å². The van der Waals surface area contributed by atoms with Gasteiger partial charge in [-0.1, -0.05) is 18.7 Å². The molecule has 5 nitrogen and oxygen atoms in total. The molecular weight excluding hydrogens is 246 g/mol. The van der Waals surface area contributed by atoms with Gasteiger partial charge >= 0.3 is 11.9 Å². The van der Waals surface area contributed by atoms with Crippen LogP contribution in [0, 0.1) is 0 Å². The van der Waals surface area contributed by atoms with Crippen molar-refractivity contribution in [2.45, 2.75) is 12.5 Å². The molecule has 0 unspecified atom stereocenters. The second-order valence-electron chi connectivity index (χ2n) is 3.84. The standard InChI is InChI=1S/C14H17NO4/c1-4-13(16)19-11-7-5-10(6-8-11)9-12(15-2)14(17)18-3/h4-8,12,15H,1,9H2,2-3H3/t12-/m1/s1. The van der Waals surface area contributed by atoms with Crippen molar-refractivity contribution in [3.05, 3.63) is 42.5 Å². The largest absolute Gasteiger partial charge is 0.468 e. The maximum Gasteiger partial charge on any atom is 0.335 e. The van der Waals surface area contributed by atoms with Crippen molar-refractivity contribution in [3.63, 3.8) is 0 Å². The Kier molecular flexibility index (Phi) is 5.75. The minimum Gasteiger partial charge on any atom is -0.468 e. The van der Waals surface area contributed by atoms with Crippen molar-refractivity contribution >= 4 is 11.9 Å². The normalized spacial score (nSPS) is 11.5. The Labute approximate surface area is 112 Å². The van der Waals surface area contributed by atoms with Gasteiger partial charge in [0.25, 0.3) is 0 Å². The first-order valence-electron chi connectivity index (χ1n) is 5.79. The van der Waals surface area contributed by atoms with Crippen molar-refractivity contribution in [2.24, 2.45) is 0 Å². The van der Waals surface area contributed by atoms with Crippen LogP contribution in [-0.2, 0) is 20.7 Å². The van der Waals surface area contributed by atoms with E-state index in [-0.39, 0.29) is 5.97 Å². The lowest BCUT2D eigenvalue weighted by molar-refractivity contribution is -0.143. The third-order valence-corrected chi connectivity index (χ3v) is 2.58. The van der Waals surface area contributed by atoms with Gasteiger partial charge in [0.2, 0.25) is 0 Å². The van der Waals surface area contributed by atoms with Crippen LogP contribution in [0.1, 0.15) is 5.56 Å². The molecule has 0 fully saturated rings. The number of benzene rings is 1. The van der Waals surface area contributed by atoms with Gasteiger partial charge in [-0.2, -0.15) is 0 Å². The lowest BCUT2D eigenvalue weighted by Gasteiger charge is -2.13. The molecule has 0 heterocycles. The molecule has 0 amide bonds. The molecule has 0 saturated carbocycles. The summed E-state index contributed by atoms with van der Waals surface area (Å²) in [7, 11) is 3.05. The van der Waals surface area contributed by atoms with E-state index in [9.17, 15) is 9.59 Å². The molecule has 0 aliphatic rings. The molecule has 5 heteroatoms. The average Bonchev–Trinajstić information content (AvgIpc) is 2.45. The van der Waals surface area contributed by atoms with E-state index in [0.29, 0.717) is 12.2 Å². The number of nitrogens with one attached hydrogen (secondary N) is 1. The number of methoxy groups -OCH3 is 1. The van der Waals surface area contributed by atoms with Crippen LogP contribution in [0.4, 0.5) is 0 Å². The van der Waals surface area contributed by atoms with E-state index in [1.165, 1.54) is 7.11 Å². The lowest BCUT2D eigenvalue weighted by atomic mass is 10.1. The third-order valence-electron chi connectivity index (χ3n) is 2.58. The molecule has 19 heavy (non-hydrogen) atoms. The van der Waals surface area contributed by atoms with E-state index in [4.69, 9.17) is 4.74 Å². The number of carbonyl (C=O) groups excluding carboxylic acids is 2. The third kappa shape index (κ3) is 4.56. The van der Waals surface area contributed by atoms with Gasteiger partial charge in [-0.05, 0) is 31.2 Å². The summed E-state index contributed by atoms with van der Waals surface area (Å²) in [5.41, 5.74) is 0.933. The zero-order valence-corrected chi connectivity index (χ0v) is 11.0. The highest BCUT2D eigenvalue weighted by Crippen LogP contribution is 2.14. The Morgan fingerprint density at radius 2 is 2.00 bits per heavy atom. The van der Waals surface area contributed by atoms with Gasteiger partial charge in [0.05, 0.1) is 7.11 Å². The molecule has 1 aromatic rings. The van der Waals surface area contributed by atoms with Crippen LogP contribution < -0.4 is 10.1 Å². The van der Waals surface area contributed by atoms with E-state index in [0.717, 1.165) is 11.6 Å². The summed E-state index contributed by atoms with van der Waals surface area (Å²) in [6.45, 7) is 3.32. The molecule has 0 aliphatic heterocycles. The predicted molar refractivity (Wildman–Crippen MR) is 70.8 cm³/mol. The van der Waals surface area contributed by atoms with E-state index in [1.54, 1.807) is 31.3 Å². The number of hydrogen-bond acceptors (Lipinski definition) is 5. The van der Waals surface area contributed by atoms with Crippen LogP contribution in [0.3, 0.4) is 0 Å². The van der Waals surface area contributed by atoms with E-state index >= 15 is 0 Å². The zero-order valence-electron chi connectivity index (χ0n) is 11.0. The van der Waals surface area contributed by atoms with Crippen molar-refractivity contribution in [1.82, 2.24) is 5.32 Å². The van der Waals surface area contributed by atoms with Gasteiger partial charge in [-0.15, -0.1) is 0 Å².